The number of nitriles is 1. The number of anilines is 1. The fourth-order valence-electron chi connectivity index (χ4n) is 2.68. The molecule has 2 aromatic rings. The van der Waals surface area contributed by atoms with E-state index in [1.165, 1.54) is 0 Å². The lowest BCUT2D eigenvalue weighted by Crippen LogP contribution is -2.13. The summed E-state index contributed by atoms with van der Waals surface area (Å²) in [5, 5.41) is 31.2. The third-order valence-corrected chi connectivity index (χ3v) is 4.01. The van der Waals surface area contributed by atoms with Gasteiger partial charge < -0.3 is 15.2 Å². The molecule has 0 saturated carbocycles. The molecule has 0 aliphatic heterocycles. The second kappa shape index (κ2) is 7.64. The minimum atomic E-state index is -0.265. The maximum Gasteiger partial charge on any atom is 0.167 e. The van der Waals surface area contributed by atoms with Crippen molar-refractivity contribution in [2.24, 2.45) is 0 Å². The number of nitrogens with zero attached hydrogens (tertiary/aromatic N) is 3. The van der Waals surface area contributed by atoms with Crippen LogP contribution in [-0.4, -0.2) is 22.4 Å². The Labute approximate surface area is 142 Å². The summed E-state index contributed by atoms with van der Waals surface area (Å²) in [5.74, 6) is 1.24. The van der Waals surface area contributed by atoms with Crippen molar-refractivity contribution in [1.29, 1.82) is 5.26 Å². The Morgan fingerprint density at radius 2 is 2.04 bits per heavy atom. The second-order valence-corrected chi connectivity index (χ2v) is 5.46. The smallest absolute Gasteiger partial charge is 0.167 e. The molecule has 2 rings (SSSR count). The normalized spacial score (nSPS) is 11.6. The third kappa shape index (κ3) is 3.40. The van der Waals surface area contributed by atoms with E-state index in [2.05, 4.69) is 21.6 Å². The second-order valence-electron chi connectivity index (χ2n) is 5.46. The summed E-state index contributed by atoms with van der Waals surface area (Å²) in [6.07, 6.45) is 1.45. The number of rotatable bonds is 6. The molecule has 6 heteroatoms. The van der Waals surface area contributed by atoms with Crippen molar-refractivity contribution in [1.82, 2.24) is 10.2 Å². The highest BCUT2D eigenvalue weighted by atomic mass is 16.5. The minimum Gasteiger partial charge on any atom is -0.508 e. The summed E-state index contributed by atoms with van der Waals surface area (Å²) in [7, 11) is 1.57. The molecular weight excluding hydrogens is 304 g/mol. The molecule has 1 aromatic heterocycles. The number of phenols is 1. The van der Waals surface area contributed by atoms with Crippen LogP contribution in [0.15, 0.2) is 18.2 Å². The Balaban J connectivity index is 2.39. The van der Waals surface area contributed by atoms with Crippen molar-refractivity contribution in [2.75, 3.05) is 12.4 Å². The topological polar surface area (TPSA) is 91.1 Å². The largest absolute Gasteiger partial charge is 0.508 e. The molecule has 0 amide bonds. The van der Waals surface area contributed by atoms with E-state index in [-0.39, 0.29) is 11.8 Å². The van der Waals surface area contributed by atoms with Gasteiger partial charge in [0.1, 0.15) is 23.1 Å². The summed E-state index contributed by atoms with van der Waals surface area (Å²) >= 11 is 0. The maximum absolute atomic E-state index is 10.1. The number of hydrogen-bond donors (Lipinski definition) is 2. The van der Waals surface area contributed by atoms with Gasteiger partial charge in [-0.1, -0.05) is 13.8 Å². The van der Waals surface area contributed by atoms with E-state index in [1.54, 1.807) is 25.3 Å². The molecule has 0 aliphatic rings. The van der Waals surface area contributed by atoms with Gasteiger partial charge >= 0.3 is 0 Å². The van der Waals surface area contributed by atoms with Crippen LogP contribution in [0.3, 0.4) is 0 Å². The summed E-state index contributed by atoms with van der Waals surface area (Å²) < 4.78 is 5.20. The first-order valence-corrected chi connectivity index (χ1v) is 7.97. The highest BCUT2D eigenvalue weighted by Crippen LogP contribution is 2.31. The van der Waals surface area contributed by atoms with E-state index in [0.717, 1.165) is 24.1 Å². The Morgan fingerprint density at radius 3 is 2.62 bits per heavy atom. The molecule has 0 saturated heterocycles. The molecule has 0 fully saturated rings. The predicted molar refractivity (Wildman–Crippen MR) is 92.2 cm³/mol. The van der Waals surface area contributed by atoms with Crippen LogP contribution in [0.1, 0.15) is 49.2 Å². The van der Waals surface area contributed by atoms with Crippen LogP contribution >= 0.6 is 0 Å². The SMILES string of the molecule is CCc1nnc(NC(C)c2cc(OC)ccc2O)c(C#N)c1CC. The van der Waals surface area contributed by atoms with Crippen molar-refractivity contribution < 1.29 is 9.84 Å². The van der Waals surface area contributed by atoms with E-state index in [1.807, 2.05) is 20.8 Å². The van der Waals surface area contributed by atoms with E-state index >= 15 is 0 Å². The Hall–Kier alpha value is -2.81. The van der Waals surface area contributed by atoms with Gasteiger partial charge in [0, 0.05) is 5.56 Å². The summed E-state index contributed by atoms with van der Waals surface area (Å²) in [6.45, 7) is 5.88. The van der Waals surface area contributed by atoms with E-state index in [9.17, 15) is 10.4 Å². The molecule has 0 radical (unpaired) electrons. The van der Waals surface area contributed by atoms with Crippen LogP contribution in [0.4, 0.5) is 5.82 Å². The van der Waals surface area contributed by atoms with E-state index in [0.29, 0.717) is 22.7 Å². The van der Waals surface area contributed by atoms with Gasteiger partial charge in [-0.05, 0) is 43.5 Å². The molecule has 1 heterocycles. The zero-order valence-corrected chi connectivity index (χ0v) is 14.4. The van der Waals surface area contributed by atoms with Crippen LogP contribution in [0.25, 0.3) is 0 Å². The number of benzene rings is 1. The van der Waals surface area contributed by atoms with Gasteiger partial charge in [-0.3, -0.25) is 0 Å². The lowest BCUT2D eigenvalue weighted by Gasteiger charge is -2.19. The van der Waals surface area contributed by atoms with Gasteiger partial charge in [-0.25, -0.2) is 0 Å². The molecule has 24 heavy (non-hydrogen) atoms. The average Bonchev–Trinajstić information content (AvgIpc) is 2.61. The number of methoxy groups -OCH3 is 1. The number of aromatic nitrogens is 2. The van der Waals surface area contributed by atoms with Gasteiger partial charge in [-0.15, -0.1) is 5.10 Å². The Kier molecular flexibility index (Phi) is 5.59. The minimum absolute atomic E-state index is 0.156. The van der Waals surface area contributed by atoms with Gasteiger partial charge in [0.25, 0.3) is 0 Å². The van der Waals surface area contributed by atoms with Crippen molar-refractivity contribution in [3.8, 4) is 17.6 Å². The molecule has 6 nitrogen and oxygen atoms in total. The van der Waals surface area contributed by atoms with Crippen LogP contribution in [0, 0.1) is 11.3 Å². The first kappa shape index (κ1) is 17.5. The molecule has 0 aliphatic carbocycles. The van der Waals surface area contributed by atoms with Gasteiger partial charge in [0.2, 0.25) is 0 Å². The first-order chi connectivity index (χ1) is 11.5. The fraction of sp³-hybridized carbons (Fsp3) is 0.389. The average molecular weight is 326 g/mol. The highest BCUT2D eigenvalue weighted by Gasteiger charge is 2.18. The first-order valence-electron chi connectivity index (χ1n) is 7.97. The fourth-order valence-corrected chi connectivity index (χ4v) is 2.68. The number of aryl methyl sites for hydroxylation is 1. The molecule has 1 aromatic carbocycles. The van der Waals surface area contributed by atoms with Crippen LogP contribution in [-0.2, 0) is 12.8 Å². The van der Waals surface area contributed by atoms with Crippen molar-refractivity contribution >= 4 is 5.82 Å². The van der Waals surface area contributed by atoms with Crippen molar-refractivity contribution in [2.45, 2.75) is 39.7 Å². The quantitative estimate of drug-likeness (QED) is 0.846. The monoisotopic (exact) mass is 326 g/mol. The number of aromatic hydroxyl groups is 1. The molecule has 0 bridgehead atoms. The predicted octanol–water partition coefficient (Wildman–Crippen LogP) is 3.36. The molecule has 126 valence electrons. The zero-order chi connectivity index (χ0) is 17.7. The lowest BCUT2D eigenvalue weighted by molar-refractivity contribution is 0.410. The number of nitrogens with one attached hydrogen (secondary N) is 1. The summed E-state index contributed by atoms with van der Waals surface area (Å²) in [4.78, 5) is 0. The zero-order valence-electron chi connectivity index (χ0n) is 14.4. The van der Waals surface area contributed by atoms with E-state index < -0.39 is 0 Å². The third-order valence-electron chi connectivity index (χ3n) is 4.01. The Bertz CT molecular complexity index is 768. The number of ether oxygens (including phenoxy) is 1. The summed E-state index contributed by atoms with van der Waals surface area (Å²) in [5.41, 5.74) is 2.94. The van der Waals surface area contributed by atoms with Gasteiger partial charge in [0.05, 0.1) is 18.8 Å². The van der Waals surface area contributed by atoms with Crippen LogP contribution in [0.2, 0.25) is 0 Å². The molecule has 1 unspecified atom stereocenters. The highest BCUT2D eigenvalue weighted by molar-refractivity contribution is 5.58. The van der Waals surface area contributed by atoms with Gasteiger partial charge in [-0.2, -0.15) is 10.4 Å². The molecule has 1 atom stereocenters. The van der Waals surface area contributed by atoms with Crippen molar-refractivity contribution in [3.63, 3.8) is 0 Å². The number of phenolic OH excluding ortho intramolecular Hbond substituents is 1. The van der Waals surface area contributed by atoms with Crippen molar-refractivity contribution in [3.05, 3.63) is 40.6 Å². The van der Waals surface area contributed by atoms with Gasteiger partial charge in [0.15, 0.2) is 5.82 Å². The van der Waals surface area contributed by atoms with Crippen LogP contribution in [0.5, 0.6) is 11.5 Å². The molecule has 0 spiro atoms. The Morgan fingerprint density at radius 1 is 1.29 bits per heavy atom. The van der Waals surface area contributed by atoms with E-state index in [4.69, 9.17) is 4.74 Å². The molecular formula is C18H22N4O2. The van der Waals surface area contributed by atoms with Crippen LogP contribution < -0.4 is 10.1 Å². The lowest BCUT2D eigenvalue weighted by atomic mass is 10.0. The maximum atomic E-state index is 10.1. The standard InChI is InChI=1S/C18H22N4O2/c1-5-13-15(10-19)18(22-21-16(13)6-2)20-11(3)14-9-12(24-4)7-8-17(14)23/h7-9,11,23H,5-6H2,1-4H3,(H,20,22). The molecule has 2 N–H and O–H groups in total. The summed E-state index contributed by atoms with van der Waals surface area (Å²) in [6, 6.07) is 7.00. The number of hydrogen-bond acceptors (Lipinski definition) is 6.